The van der Waals surface area contributed by atoms with E-state index >= 15 is 0 Å². The Hall–Kier alpha value is -0.940. The van der Waals surface area contributed by atoms with Gasteiger partial charge in [-0.3, -0.25) is 4.79 Å². The number of amides is 1. The molecule has 5 heteroatoms. The van der Waals surface area contributed by atoms with Gasteiger partial charge in [-0.2, -0.15) is 0 Å². The Morgan fingerprint density at radius 2 is 2.29 bits per heavy atom. The van der Waals surface area contributed by atoms with Crippen LogP contribution in [0.2, 0.25) is 0 Å². The first-order valence-corrected chi connectivity index (χ1v) is 7.06. The molecule has 0 radical (unpaired) electrons. The quantitative estimate of drug-likeness (QED) is 0.864. The summed E-state index contributed by atoms with van der Waals surface area (Å²) in [5.41, 5.74) is 1.15. The molecule has 1 aliphatic heterocycles. The third-order valence-corrected chi connectivity index (χ3v) is 4.20. The van der Waals surface area contributed by atoms with E-state index in [4.69, 9.17) is 0 Å². The van der Waals surface area contributed by atoms with Crippen molar-refractivity contribution < 1.29 is 4.79 Å². The number of hydrogen-bond donors (Lipinski definition) is 2. The van der Waals surface area contributed by atoms with Crippen LogP contribution in [0.5, 0.6) is 0 Å². The normalized spacial score (nSPS) is 14.8. The first kappa shape index (κ1) is 12.5. The Morgan fingerprint density at radius 1 is 1.53 bits per heavy atom. The zero-order valence-corrected chi connectivity index (χ0v) is 11.2. The third kappa shape index (κ3) is 2.84. The summed E-state index contributed by atoms with van der Waals surface area (Å²) in [6.45, 7) is 5.96. The number of rotatable bonds is 4. The molecule has 1 aromatic heterocycles. The van der Waals surface area contributed by atoms with Crippen LogP contribution in [0.15, 0.2) is 0 Å². The minimum atomic E-state index is 0.106. The summed E-state index contributed by atoms with van der Waals surface area (Å²) >= 11 is 1.60. The summed E-state index contributed by atoms with van der Waals surface area (Å²) in [5, 5.41) is 7.01. The number of carbonyl (C=O) groups excluding carboxylic acids is 1. The van der Waals surface area contributed by atoms with Gasteiger partial charge in [0.25, 0.3) is 0 Å². The molecule has 0 atom stereocenters. The van der Waals surface area contributed by atoms with Gasteiger partial charge in [-0.25, -0.2) is 4.98 Å². The van der Waals surface area contributed by atoms with E-state index in [-0.39, 0.29) is 11.8 Å². The molecule has 0 saturated heterocycles. The van der Waals surface area contributed by atoms with Gasteiger partial charge in [0.1, 0.15) is 0 Å². The maximum atomic E-state index is 11.9. The van der Waals surface area contributed by atoms with Crippen LogP contribution < -0.4 is 10.6 Å². The Morgan fingerprint density at radius 3 is 2.94 bits per heavy atom. The highest BCUT2D eigenvalue weighted by atomic mass is 32.1. The molecule has 1 aliphatic rings. The van der Waals surface area contributed by atoms with E-state index in [0.717, 1.165) is 43.2 Å². The first-order chi connectivity index (χ1) is 8.24. The van der Waals surface area contributed by atoms with E-state index in [1.807, 2.05) is 13.8 Å². The van der Waals surface area contributed by atoms with Crippen molar-refractivity contribution in [2.45, 2.75) is 39.7 Å². The Bertz CT molecular complexity index is 375. The van der Waals surface area contributed by atoms with Crippen molar-refractivity contribution in [2.24, 2.45) is 5.92 Å². The SMILES string of the molecule is CCC(CC)C(=O)Nc1nc2c(s1)CNCC2. The van der Waals surface area contributed by atoms with Gasteiger partial charge in [0, 0.05) is 30.3 Å². The van der Waals surface area contributed by atoms with Crippen LogP contribution in [-0.2, 0) is 17.8 Å². The summed E-state index contributed by atoms with van der Waals surface area (Å²) in [4.78, 5) is 17.7. The average molecular weight is 253 g/mol. The fourth-order valence-electron chi connectivity index (χ4n) is 2.05. The number of hydrogen-bond acceptors (Lipinski definition) is 4. The molecule has 0 aromatic carbocycles. The molecule has 2 rings (SSSR count). The highest BCUT2D eigenvalue weighted by Gasteiger charge is 2.19. The average Bonchev–Trinajstić information content (AvgIpc) is 2.72. The molecular formula is C12H19N3OS. The van der Waals surface area contributed by atoms with Crippen LogP contribution in [0, 0.1) is 5.92 Å². The Balaban J connectivity index is 2.03. The first-order valence-electron chi connectivity index (χ1n) is 6.24. The summed E-state index contributed by atoms with van der Waals surface area (Å²) in [5.74, 6) is 0.211. The number of nitrogens with zero attached hydrogens (tertiary/aromatic N) is 1. The van der Waals surface area contributed by atoms with Crippen molar-refractivity contribution in [1.82, 2.24) is 10.3 Å². The van der Waals surface area contributed by atoms with Gasteiger partial charge in [0.15, 0.2) is 5.13 Å². The van der Waals surface area contributed by atoms with Crippen LogP contribution in [0.4, 0.5) is 5.13 Å². The third-order valence-electron chi connectivity index (χ3n) is 3.19. The molecule has 0 aliphatic carbocycles. The molecule has 0 bridgehead atoms. The molecule has 1 aromatic rings. The summed E-state index contributed by atoms with van der Waals surface area (Å²) in [6.07, 6.45) is 2.73. The molecule has 0 fully saturated rings. The van der Waals surface area contributed by atoms with E-state index < -0.39 is 0 Å². The molecule has 2 N–H and O–H groups in total. The Kier molecular flexibility index (Phi) is 4.12. The van der Waals surface area contributed by atoms with Crippen LogP contribution in [0.25, 0.3) is 0 Å². The highest BCUT2D eigenvalue weighted by molar-refractivity contribution is 7.15. The lowest BCUT2D eigenvalue weighted by Crippen LogP contribution is -2.22. The van der Waals surface area contributed by atoms with Gasteiger partial charge >= 0.3 is 0 Å². The predicted molar refractivity (Wildman–Crippen MR) is 70.2 cm³/mol. The van der Waals surface area contributed by atoms with Gasteiger partial charge in [0.2, 0.25) is 5.91 Å². The molecule has 0 saturated carbocycles. The van der Waals surface area contributed by atoms with E-state index in [1.165, 1.54) is 4.88 Å². The lowest BCUT2D eigenvalue weighted by Gasteiger charge is -2.10. The lowest BCUT2D eigenvalue weighted by atomic mass is 10.0. The van der Waals surface area contributed by atoms with E-state index in [2.05, 4.69) is 15.6 Å². The predicted octanol–water partition coefficient (Wildman–Crippen LogP) is 2.16. The maximum absolute atomic E-state index is 11.9. The molecule has 0 spiro atoms. The summed E-state index contributed by atoms with van der Waals surface area (Å²) < 4.78 is 0. The standard InChI is InChI=1S/C12H19N3OS/c1-3-8(4-2)11(16)15-12-14-9-5-6-13-7-10(9)17-12/h8,13H,3-7H2,1-2H3,(H,14,15,16). The minimum Gasteiger partial charge on any atom is -0.311 e. The van der Waals surface area contributed by atoms with Gasteiger partial charge in [-0.05, 0) is 12.8 Å². The van der Waals surface area contributed by atoms with Crippen LogP contribution in [-0.4, -0.2) is 17.4 Å². The molecule has 0 unspecified atom stereocenters. The molecule has 2 heterocycles. The number of aromatic nitrogens is 1. The topological polar surface area (TPSA) is 54.0 Å². The molecule has 4 nitrogen and oxygen atoms in total. The molecule has 1 amide bonds. The fraction of sp³-hybridized carbons (Fsp3) is 0.667. The fourth-order valence-corrected chi connectivity index (χ4v) is 3.03. The van der Waals surface area contributed by atoms with Gasteiger partial charge < -0.3 is 10.6 Å². The van der Waals surface area contributed by atoms with Crippen molar-refractivity contribution in [2.75, 3.05) is 11.9 Å². The summed E-state index contributed by atoms with van der Waals surface area (Å²) in [7, 11) is 0. The van der Waals surface area contributed by atoms with Crippen molar-refractivity contribution >= 4 is 22.4 Å². The van der Waals surface area contributed by atoms with Crippen LogP contribution >= 0.6 is 11.3 Å². The maximum Gasteiger partial charge on any atom is 0.229 e. The van der Waals surface area contributed by atoms with Crippen LogP contribution in [0.1, 0.15) is 37.3 Å². The smallest absolute Gasteiger partial charge is 0.229 e. The van der Waals surface area contributed by atoms with Crippen LogP contribution in [0.3, 0.4) is 0 Å². The molecule has 17 heavy (non-hydrogen) atoms. The highest BCUT2D eigenvalue weighted by Crippen LogP contribution is 2.26. The second-order valence-electron chi connectivity index (χ2n) is 4.32. The van der Waals surface area contributed by atoms with E-state index in [9.17, 15) is 4.79 Å². The molecule has 94 valence electrons. The second-order valence-corrected chi connectivity index (χ2v) is 5.40. The van der Waals surface area contributed by atoms with Gasteiger partial charge in [0.05, 0.1) is 5.69 Å². The van der Waals surface area contributed by atoms with E-state index in [1.54, 1.807) is 11.3 Å². The summed E-state index contributed by atoms with van der Waals surface area (Å²) in [6, 6.07) is 0. The number of nitrogens with one attached hydrogen (secondary N) is 2. The van der Waals surface area contributed by atoms with Gasteiger partial charge in [-0.1, -0.05) is 13.8 Å². The van der Waals surface area contributed by atoms with Crippen molar-refractivity contribution in [3.05, 3.63) is 10.6 Å². The van der Waals surface area contributed by atoms with Crippen molar-refractivity contribution in [3.8, 4) is 0 Å². The van der Waals surface area contributed by atoms with Gasteiger partial charge in [-0.15, -0.1) is 11.3 Å². The van der Waals surface area contributed by atoms with Crippen molar-refractivity contribution in [3.63, 3.8) is 0 Å². The van der Waals surface area contributed by atoms with E-state index in [0.29, 0.717) is 0 Å². The largest absolute Gasteiger partial charge is 0.311 e. The monoisotopic (exact) mass is 253 g/mol. The second kappa shape index (κ2) is 5.60. The number of thiazole rings is 1. The number of anilines is 1. The lowest BCUT2D eigenvalue weighted by molar-refractivity contribution is -0.120. The number of fused-ring (bicyclic) bond motifs is 1. The Labute approximate surface area is 106 Å². The molecular weight excluding hydrogens is 234 g/mol. The number of carbonyl (C=O) groups is 1. The van der Waals surface area contributed by atoms with Crippen molar-refractivity contribution in [1.29, 1.82) is 0 Å². The minimum absolute atomic E-state index is 0.106. The zero-order valence-electron chi connectivity index (χ0n) is 10.4. The zero-order chi connectivity index (χ0) is 12.3.